The molecule has 40 heavy (non-hydrogen) atoms. The molecule has 0 saturated heterocycles. The van der Waals surface area contributed by atoms with Crippen LogP contribution in [0.15, 0.2) is 76.2 Å². The molecule has 3 aromatic heterocycles. The van der Waals surface area contributed by atoms with Gasteiger partial charge in [0, 0.05) is 13.2 Å². The first-order valence-corrected chi connectivity index (χ1v) is 13.9. The number of aliphatic hydroxyl groups is 1. The average Bonchev–Trinajstić information content (AvgIpc) is 3.40. The molecule has 0 saturated carbocycles. The highest BCUT2D eigenvalue weighted by molar-refractivity contribution is 8.01. The second-order valence-electron chi connectivity index (χ2n) is 8.76. The summed E-state index contributed by atoms with van der Waals surface area (Å²) >= 11 is 2.35. The van der Waals surface area contributed by atoms with Gasteiger partial charge in [0.1, 0.15) is 11.4 Å². The van der Waals surface area contributed by atoms with E-state index in [1.807, 2.05) is 25.1 Å². The van der Waals surface area contributed by atoms with E-state index in [0.717, 1.165) is 16.7 Å². The largest absolute Gasteiger partial charge is 0.465 e. The van der Waals surface area contributed by atoms with Gasteiger partial charge < -0.3 is 20.8 Å². The quantitative estimate of drug-likeness (QED) is 0.180. The second-order valence-corrected chi connectivity index (χ2v) is 11.1. The average molecular weight is 583 g/mol. The van der Waals surface area contributed by atoms with Gasteiger partial charge in [0.05, 0.1) is 33.7 Å². The minimum Gasteiger partial charge on any atom is -0.465 e. The topological polar surface area (TPSA) is 141 Å². The predicted octanol–water partition coefficient (Wildman–Crippen LogP) is 5.50. The Morgan fingerprint density at radius 1 is 1.10 bits per heavy atom. The molecule has 0 aliphatic carbocycles. The van der Waals surface area contributed by atoms with Crippen LogP contribution in [0.1, 0.15) is 35.8 Å². The van der Waals surface area contributed by atoms with E-state index in [0.29, 0.717) is 39.3 Å². The summed E-state index contributed by atoms with van der Waals surface area (Å²) in [4.78, 5) is 37.6. The van der Waals surface area contributed by atoms with Gasteiger partial charge in [0.2, 0.25) is 0 Å². The lowest BCUT2D eigenvalue weighted by Gasteiger charge is -2.28. The Hall–Kier alpha value is -4.07. The summed E-state index contributed by atoms with van der Waals surface area (Å²) in [6, 6.07) is 13.7. The smallest absolute Gasteiger partial charge is 0.411 e. The number of nitrogens with one attached hydrogen (secondary N) is 2. The van der Waals surface area contributed by atoms with E-state index in [-0.39, 0.29) is 17.1 Å². The molecule has 13 heteroatoms. The third-order valence-electron chi connectivity index (χ3n) is 5.94. The highest BCUT2D eigenvalue weighted by Gasteiger charge is 2.30. The van der Waals surface area contributed by atoms with Gasteiger partial charge in [-0.25, -0.2) is 24.1 Å². The number of nitrogens with zero attached hydrogens (tertiary/aromatic N) is 4. The molecule has 0 bridgehead atoms. The van der Waals surface area contributed by atoms with Crippen molar-refractivity contribution in [3.05, 3.63) is 84.2 Å². The number of halogens is 1. The second kappa shape index (κ2) is 12.9. The van der Waals surface area contributed by atoms with Crippen LogP contribution in [-0.2, 0) is 5.60 Å². The molecular weight excluding hydrogens is 555 g/mol. The zero-order chi connectivity index (χ0) is 28.7. The lowest BCUT2D eigenvalue weighted by atomic mass is 9.89. The van der Waals surface area contributed by atoms with Gasteiger partial charge in [-0.3, -0.25) is 9.69 Å². The van der Waals surface area contributed by atoms with Gasteiger partial charge in [-0.15, -0.1) is 0 Å². The third kappa shape index (κ3) is 6.92. The molecule has 0 fully saturated rings. The molecule has 1 unspecified atom stereocenters. The number of hydrogen-bond donors (Lipinski definition) is 4. The zero-order valence-electron chi connectivity index (χ0n) is 21.7. The summed E-state index contributed by atoms with van der Waals surface area (Å²) in [5.74, 6) is -1.03. The molecule has 10 nitrogen and oxygen atoms in total. The van der Waals surface area contributed by atoms with E-state index in [9.17, 15) is 14.7 Å². The fraction of sp³-hybridized carbons (Fsp3) is 0.222. The molecular formula is C27H27FN6O4S2. The number of aromatic nitrogens is 3. The van der Waals surface area contributed by atoms with Gasteiger partial charge >= 0.3 is 6.09 Å². The summed E-state index contributed by atoms with van der Waals surface area (Å²) in [6.07, 6.45) is 4.35. The van der Waals surface area contributed by atoms with Gasteiger partial charge in [0.25, 0.3) is 5.91 Å². The Morgan fingerprint density at radius 2 is 1.88 bits per heavy atom. The number of amides is 2. The lowest BCUT2D eigenvalue weighted by molar-refractivity contribution is 0.0260. The van der Waals surface area contributed by atoms with Crippen LogP contribution in [0.4, 0.5) is 25.8 Å². The monoisotopic (exact) mass is 582 g/mol. The molecule has 0 radical (unpaired) electrons. The van der Waals surface area contributed by atoms with Crippen LogP contribution in [0.3, 0.4) is 0 Å². The van der Waals surface area contributed by atoms with Crippen molar-refractivity contribution < 1.29 is 24.2 Å². The number of carboxylic acid groups (broad SMARTS) is 1. The lowest BCUT2D eigenvalue weighted by Crippen LogP contribution is -2.41. The Bertz CT molecular complexity index is 1470. The van der Waals surface area contributed by atoms with E-state index in [4.69, 9.17) is 5.11 Å². The zero-order valence-corrected chi connectivity index (χ0v) is 23.3. The molecule has 4 aromatic rings. The summed E-state index contributed by atoms with van der Waals surface area (Å²) in [7, 11) is 1.42. The molecule has 208 valence electrons. The Kier molecular flexibility index (Phi) is 9.30. The molecule has 1 atom stereocenters. The fourth-order valence-corrected chi connectivity index (χ4v) is 5.69. The predicted molar refractivity (Wildman–Crippen MR) is 152 cm³/mol. The molecule has 2 amide bonds. The number of carbonyl (C=O) groups is 2. The highest BCUT2D eigenvalue weighted by atomic mass is 32.2. The molecule has 0 aliphatic heterocycles. The van der Waals surface area contributed by atoms with Crippen molar-refractivity contribution >= 4 is 51.7 Å². The van der Waals surface area contributed by atoms with Gasteiger partial charge in [-0.2, -0.15) is 0 Å². The van der Waals surface area contributed by atoms with Gasteiger partial charge in [0.15, 0.2) is 16.6 Å². The first kappa shape index (κ1) is 28.9. The van der Waals surface area contributed by atoms with Crippen LogP contribution in [0, 0.1) is 5.82 Å². The maximum Gasteiger partial charge on any atom is 0.411 e. The van der Waals surface area contributed by atoms with E-state index in [2.05, 4.69) is 25.6 Å². The van der Waals surface area contributed by atoms with Crippen LogP contribution in [-0.4, -0.2) is 50.8 Å². The van der Waals surface area contributed by atoms with Crippen molar-refractivity contribution in [2.24, 2.45) is 0 Å². The Morgan fingerprint density at radius 3 is 2.55 bits per heavy atom. The summed E-state index contributed by atoms with van der Waals surface area (Å²) in [5.41, 5.74) is -0.572. The van der Waals surface area contributed by atoms with Gasteiger partial charge in [-0.05, 0) is 30.2 Å². The molecule has 4 N–H and O–H groups in total. The number of hydrogen-bond acceptors (Lipinski definition) is 9. The summed E-state index contributed by atoms with van der Waals surface area (Å²) < 4.78 is 16.0. The number of pyridine rings is 2. The highest BCUT2D eigenvalue weighted by Crippen LogP contribution is 2.36. The number of carbonyl (C=O) groups excluding carboxylic acids is 1. The standard InChI is InChI=1S/C27H27FN6O4S2/c1-3-12-27(38,17-7-5-4-6-8-17)16-32-24(35)23-22(28)19(11-13-29-23)39-21-15-31-25(40-21)33-20-10-9-18(14-30-20)34(2)26(36)37/h4-11,13-15,38H,3,12,16H2,1-2H3,(H,32,35)(H,36,37)(H,30,31,33). The molecule has 1 aromatic carbocycles. The number of thiazole rings is 1. The first-order valence-electron chi connectivity index (χ1n) is 12.2. The summed E-state index contributed by atoms with van der Waals surface area (Å²) in [5, 5.41) is 26.4. The Labute approximate surface area is 238 Å². The molecule has 3 heterocycles. The third-order valence-corrected chi connectivity index (χ3v) is 7.99. The van der Waals surface area contributed by atoms with Gasteiger partial charge in [-0.1, -0.05) is 66.8 Å². The fourth-order valence-electron chi connectivity index (χ4n) is 3.82. The van der Waals surface area contributed by atoms with Crippen molar-refractivity contribution in [1.29, 1.82) is 0 Å². The number of rotatable bonds is 11. The minimum atomic E-state index is -1.29. The van der Waals surface area contributed by atoms with Crippen LogP contribution in [0.5, 0.6) is 0 Å². The van der Waals surface area contributed by atoms with E-state index in [1.165, 1.54) is 36.8 Å². The molecule has 0 aliphatic rings. The number of anilines is 3. The van der Waals surface area contributed by atoms with Crippen LogP contribution >= 0.6 is 23.1 Å². The first-order chi connectivity index (χ1) is 19.2. The van der Waals surface area contributed by atoms with Crippen molar-refractivity contribution in [1.82, 2.24) is 20.3 Å². The Balaban J connectivity index is 1.41. The summed E-state index contributed by atoms with van der Waals surface area (Å²) in [6.45, 7) is 1.85. The van der Waals surface area contributed by atoms with Crippen molar-refractivity contribution in [3.8, 4) is 0 Å². The molecule has 4 rings (SSSR count). The van der Waals surface area contributed by atoms with E-state index < -0.39 is 23.4 Å². The van der Waals surface area contributed by atoms with Crippen molar-refractivity contribution in [2.75, 3.05) is 23.8 Å². The van der Waals surface area contributed by atoms with Crippen LogP contribution in [0.25, 0.3) is 0 Å². The minimum absolute atomic E-state index is 0.0896. The number of benzene rings is 1. The molecule has 0 spiro atoms. The van der Waals surface area contributed by atoms with Crippen molar-refractivity contribution in [2.45, 2.75) is 34.5 Å². The normalized spacial score (nSPS) is 12.4. The van der Waals surface area contributed by atoms with Crippen LogP contribution < -0.4 is 15.5 Å². The van der Waals surface area contributed by atoms with Crippen LogP contribution in [0.2, 0.25) is 0 Å². The van der Waals surface area contributed by atoms with E-state index in [1.54, 1.807) is 30.5 Å². The van der Waals surface area contributed by atoms with E-state index >= 15 is 4.39 Å². The SMILES string of the molecule is CCCC(O)(CNC(=O)c1nccc(Sc2cnc(Nc3ccc(N(C)C(=O)O)cn3)s2)c1F)c1ccccc1. The maximum absolute atomic E-state index is 15.3. The van der Waals surface area contributed by atoms with Crippen molar-refractivity contribution in [3.63, 3.8) is 0 Å². The maximum atomic E-state index is 15.3.